The summed E-state index contributed by atoms with van der Waals surface area (Å²) in [5.41, 5.74) is 0. The lowest BCUT2D eigenvalue weighted by atomic mass is 9.82. The predicted molar refractivity (Wildman–Crippen MR) is 71.1 cm³/mol. The van der Waals surface area contributed by atoms with Crippen LogP contribution in [0.1, 0.15) is 46.5 Å². The largest absolute Gasteiger partial charge is 0.389 e. The molecular weight excluding hydrogens is 214 g/mol. The van der Waals surface area contributed by atoms with Crippen LogP contribution in [-0.2, 0) is 4.74 Å². The lowest BCUT2D eigenvalue weighted by Crippen LogP contribution is -2.34. The van der Waals surface area contributed by atoms with Crippen LogP contribution in [0.5, 0.6) is 0 Å². The zero-order valence-electron chi connectivity index (χ0n) is 11.6. The summed E-state index contributed by atoms with van der Waals surface area (Å²) < 4.78 is 5.83. The Balaban J connectivity index is 2.12. The summed E-state index contributed by atoms with van der Waals surface area (Å²) in [6, 6.07) is 0. The summed E-state index contributed by atoms with van der Waals surface area (Å²) in [5, 5.41) is 13.0. The monoisotopic (exact) mass is 243 g/mol. The summed E-state index contributed by atoms with van der Waals surface area (Å²) in [7, 11) is 0. The van der Waals surface area contributed by atoms with Crippen molar-refractivity contribution in [2.45, 2.75) is 58.7 Å². The standard InChI is InChI=1S/C14H29NO2/c1-4-5-15-9-13(16)10-17-14-7-11(2)6-12(3)8-14/h11-16H,4-10H2,1-3H3. The van der Waals surface area contributed by atoms with Crippen LogP contribution in [-0.4, -0.2) is 37.0 Å². The molecule has 17 heavy (non-hydrogen) atoms. The second kappa shape index (κ2) is 8.06. The highest BCUT2D eigenvalue weighted by Gasteiger charge is 2.24. The van der Waals surface area contributed by atoms with E-state index in [4.69, 9.17) is 4.74 Å². The maximum absolute atomic E-state index is 9.75. The number of aliphatic hydroxyl groups is 1. The molecule has 3 nitrogen and oxygen atoms in total. The van der Waals surface area contributed by atoms with Gasteiger partial charge in [0.05, 0.1) is 18.8 Å². The van der Waals surface area contributed by atoms with E-state index in [0.717, 1.165) is 37.6 Å². The van der Waals surface area contributed by atoms with Gasteiger partial charge in [-0.05, 0) is 44.1 Å². The van der Waals surface area contributed by atoms with Gasteiger partial charge in [-0.2, -0.15) is 0 Å². The number of rotatable bonds is 7. The van der Waals surface area contributed by atoms with Crippen LogP contribution in [0, 0.1) is 11.8 Å². The second-order valence-electron chi connectivity index (χ2n) is 5.73. The third-order valence-corrected chi connectivity index (χ3v) is 3.47. The van der Waals surface area contributed by atoms with Crippen LogP contribution in [0.2, 0.25) is 0 Å². The summed E-state index contributed by atoms with van der Waals surface area (Å²) >= 11 is 0. The molecule has 1 aliphatic rings. The van der Waals surface area contributed by atoms with E-state index in [9.17, 15) is 5.11 Å². The van der Waals surface area contributed by atoms with Crippen molar-refractivity contribution in [2.75, 3.05) is 19.7 Å². The number of hydrogen-bond donors (Lipinski definition) is 2. The van der Waals surface area contributed by atoms with E-state index < -0.39 is 0 Å². The maximum Gasteiger partial charge on any atom is 0.0897 e. The molecule has 0 radical (unpaired) electrons. The van der Waals surface area contributed by atoms with Gasteiger partial charge in [0.25, 0.3) is 0 Å². The highest BCUT2D eigenvalue weighted by Crippen LogP contribution is 2.30. The third kappa shape index (κ3) is 6.39. The van der Waals surface area contributed by atoms with Gasteiger partial charge in [-0.15, -0.1) is 0 Å². The van der Waals surface area contributed by atoms with Gasteiger partial charge in [0.1, 0.15) is 0 Å². The second-order valence-corrected chi connectivity index (χ2v) is 5.73. The molecule has 0 saturated heterocycles. The fourth-order valence-electron chi connectivity index (χ4n) is 2.76. The zero-order valence-corrected chi connectivity index (χ0v) is 11.6. The van der Waals surface area contributed by atoms with Gasteiger partial charge >= 0.3 is 0 Å². The molecule has 1 rings (SSSR count). The minimum Gasteiger partial charge on any atom is -0.389 e. The lowest BCUT2D eigenvalue weighted by molar-refractivity contribution is -0.0396. The topological polar surface area (TPSA) is 41.5 Å². The van der Waals surface area contributed by atoms with Gasteiger partial charge < -0.3 is 15.2 Å². The normalized spacial score (nSPS) is 31.4. The van der Waals surface area contributed by atoms with E-state index in [-0.39, 0.29) is 6.10 Å². The van der Waals surface area contributed by atoms with Crippen LogP contribution >= 0.6 is 0 Å². The van der Waals surface area contributed by atoms with Gasteiger partial charge in [-0.1, -0.05) is 20.8 Å². The molecular formula is C14H29NO2. The number of hydrogen-bond acceptors (Lipinski definition) is 3. The summed E-state index contributed by atoms with van der Waals surface area (Å²) in [5.74, 6) is 1.53. The molecule has 102 valence electrons. The Morgan fingerprint density at radius 2 is 1.88 bits per heavy atom. The quantitative estimate of drug-likeness (QED) is 0.674. The SMILES string of the molecule is CCCNCC(O)COC1CC(C)CC(C)C1. The summed E-state index contributed by atoms with van der Waals surface area (Å²) in [6.45, 7) is 8.80. The van der Waals surface area contributed by atoms with Crippen molar-refractivity contribution in [1.29, 1.82) is 0 Å². The van der Waals surface area contributed by atoms with E-state index in [0.29, 0.717) is 19.3 Å². The molecule has 2 N–H and O–H groups in total. The van der Waals surface area contributed by atoms with Gasteiger partial charge in [0.2, 0.25) is 0 Å². The van der Waals surface area contributed by atoms with E-state index in [1.165, 1.54) is 6.42 Å². The van der Waals surface area contributed by atoms with Crippen molar-refractivity contribution in [1.82, 2.24) is 5.32 Å². The number of aliphatic hydroxyl groups excluding tert-OH is 1. The van der Waals surface area contributed by atoms with Gasteiger partial charge in [-0.25, -0.2) is 0 Å². The first kappa shape index (κ1) is 14.9. The summed E-state index contributed by atoms with van der Waals surface area (Å²) in [6.07, 6.45) is 4.72. The lowest BCUT2D eigenvalue weighted by Gasteiger charge is -2.31. The van der Waals surface area contributed by atoms with E-state index in [1.54, 1.807) is 0 Å². The molecule has 0 amide bonds. The van der Waals surface area contributed by atoms with Crippen molar-refractivity contribution < 1.29 is 9.84 Å². The van der Waals surface area contributed by atoms with E-state index >= 15 is 0 Å². The van der Waals surface area contributed by atoms with Crippen molar-refractivity contribution in [3.8, 4) is 0 Å². The fourth-order valence-corrected chi connectivity index (χ4v) is 2.76. The Hall–Kier alpha value is -0.120. The molecule has 0 aromatic rings. The molecule has 0 aromatic carbocycles. The maximum atomic E-state index is 9.75. The molecule has 1 saturated carbocycles. The van der Waals surface area contributed by atoms with Gasteiger partial charge in [0.15, 0.2) is 0 Å². The van der Waals surface area contributed by atoms with Crippen molar-refractivity contribution >= 4 is 0 Å². The van der Waals surface area contributed by atoms with E-state index in [2.05, 4.69) is 26.1 Å². The van der Waals surface area contributed by atoms with Crippen LogP contribution in [0.25, 0.3) is 0 Å². The molecule has 3 unspecified atom stereocenters. The molecule has 0 spiro atoms. The van der Waals surface area contributed by atoms with Gasteiger partial charge in [-0.3, -0.25) is 0 Å². The van der Waals surface area contributed by atoms with Crippen molar-refractivity contribution in [3.63, 3.8) is 0 Å². The van der Waals surface area contributed by atoms with Gasteiger partial charge in [0, 0.05) is 6.54 Å². The molecule has 1 fully saturated rings. The molecule has 3 heteroatoms. The summed E-state index contributed by atoms with van der Waals surface area (Å²) in [4.78, 5) is 0. The molecule has 0 aliphatic heterocycles. The number of ether oxygens (including phenoxy) is 1. The third-order valence-electron chi connectivity index (χ3n) is 3.47. The van der Waals surface area contributed by atoms with Crippen molar-refractivity contribution in [3.05, 3.63) is 0 Å². The minimum absolute atomic E-state index is 0.356. The predicted octanol–water partition coefficient (Wildman–Crippen LogP) is 2.19. The fraction of sp³-hybridized carbons (Fsp3) is 1.00. The highest BCUT2D eigenvalue weighted by molar-refractivity contribution is 4.75. The van der Waals surface area contributed by atoms with Crippen molar-refractivity contribution in [2.24, 2.45) is 11.8 Å². The van der Waals surface area contributed by atoms with E-state index in [1.807, 2.05) is 0 Å². The highest BCUT2D eigenvalue weighted by atomic mass is 16.5. The first-order valence-electron chi connectivity index (χ1n) is 7.12. The van der Waals surface area contributed by atoms with Crippen LogP contribution in [0.4, 0.5) is 0 Å². The Kier molecular flexibility index (Phi) is 7.09. The Labute approximate surface area is 106 Å². The zero-order chi connectivity index (χ0) is 12.7. The average molecular weight is 243 g/mol. The minimum atomic E-state index is -0.367. The first-order valence-corrected chi connectivity index (χ1v) is 7.12. The average Bonchev–Trinajstić information content (AvgIpc) is 2.25. The molecule has 0 heterocycles. The van der Waals surface area contributed by atoms with Crippen LogP contribution in [0.3, 0.4) is 0 Å². The Morgan fingerprint density at radius 3 is 2.47 bits per heavy atom. The van der Waals surface area contributed by atoms with Crippen LogP contribution < -0.4 is 5.32 Å². The molecule has 3 atom stereocenters. The molecule has 0 bridgehead atoms. The smallest absolute Gasteiger partial charge is 0.0897 e. The Bertz CT molecular complexity index is 189. The first-order chi connectivity index (χ1) is 8.11. The molecule has 1 aliphatic carbocycles. The number of nitrogens with one attached hydrogen (secondary N) is 1. The van der Waals surface area contributed by atoms with Crippen LogP contribution in [0.15, 0.2) is 0 Å². The molecule has 0 aromatic heterocycles. The Morgan fingerprint density at radius 1 is 1.24 bits per heavy atom.